The van der Waals surface area contributed by atoms with Crippen LogP contribution in [-0.4, -0.2) is 17.1 Å². The van der Waals surface area contributed by atoms with Gasteiger partial charge in [0.15, 0.2) is 0 Å². The standard InChI is InChI=1S/C12H15F2NO2/c1-7(2)11(12(16)17)15-6-8-3-9(13)5-10(14)4-8/h3-5,7,11,15H,6H2,1-2H3,(H,16,17)/t11-/m1/s1. The Hall–Kier alpha value is -1.49. The molecule has 0 spiro atoms. The molecular weight excluding hydrogens is 228 g/mol. The number of rotatable bonds is 5. The van der Waals surface area contributed by atoms with Crippen LogP contribution in [0.25, 0.3) is 0 Å². The lowest BCUT2D eigenvalue weighted by Crippen LogP contribution is -2.40. The number of carboxylic acid groups (broad SMARTS) is 1. The minimum atomic E-state index is -0.975. The van der Waals surface area contributed by atoms with Crippen molar-refractivity contribution in [3.63, 3.8) is 0 Å². The van der Waals surface area contributed by atoms with Gasteiger partial charge in [-0.05, 0) is 23.6 Å². The summed E-state index contributed by atoms with van der Waals surface area (Å²) in [4.78, 5) is 10.9. The number of aliphatic carboxylic acids is 1. The summed E-state index contributed by atoms with van der Waals surface area (Å²) >= 11 is 0. The van der Waals surface area contributed by atoms with Crippen molar-refractivity contribution >= 4 is 5.97 Å². The van der Waals surface area contributed by atoms with Gasteiger partial charge in [0.1, 0.15) is 17.7 Å². The molecule has 0 heterocycles. The number of nitrogens with one attached hydrogen (secondary N) is 1. The van der Waals surface area contributed by atoms with E-state index in [-0.39, 0.29) is 12.5 Å². The smallest absolute Gasteiger partial charge is 0.320 e. The van der Waals surface area contributed by atoms with Crippen LogP contribution in [0.3, 0.4) is 0 Å². The molecular formula is C12H15F2NO2. The largest absolute Gasteiger partial charge is 0.480 e. The molecule has 1 atom stereocenters. The molecule has 0 amide bonds. The van der Waals surface area contributed by atoms with Gasteiger partial charge in [0, 0.05) is 12.6 Å². The molecule has 0 radical (unpaired) electrons. The highest BCUT2D eigenvalue weighted by atomic mass is 19.1. The number of halogens is 2. The Kier molecular flexibility index (Phi) is 4.57. The van der Waals surface area contributed by atoms with Gasteiger partial charge in [-0.1, -0.05) is 13.8 Å². The minimum Gasteiger partial charge on any atom is -0.480 e. The maximum Gasteiger partial charge on any atom is 0.320 e. The summed E-state index contributed by atoms with van der Waals surface area (Å²) in [5.74, 6) is -2.42. The Labute approximate surface area is 98.5 Å². The second-order valence-corrected chi connectivity index (χ2v) is 4.22. The molecule has 1 rings (SSSR count). The first-order valence-corrected chi connectivity index (χ1v) is 5.31. The summed E-state index contributed by atoms with van der Waals surface area (Å²) in [5, 5.41) is 11.7. The van der Waals surface area contributed by atoms with E-state index in [9.17, 15) is 13.6 Å². The molecule has 0 saturated heterocycles. The maximum atomic E-state index is 12.9. The molecule has 0 fully saturated rings. The fourth-order valence-electron chi connectivity index (χ4n) is 1.55. The number of hydrogen-bond acceptors (Lipinski definition) is 2. The van der Waals surface area contributed by atoms with E-state index < -0.39 is 23.6 Å². The molecule has 1 aromatic rings. The van der Waals surface area contributed by atoms with Crippen molar-refractivity contribution in [2.75, 3.05) is 0 Å². The highest BCUT2D eigenvalue weighted by Gasteiger charge is 2.20. The van der Waals surface area contributed by atoms with E-state index in [0.29, 0.717) is 5.56 Å². The Morgan fingerprint density at radius 2 is 1.82 bits per heavy atom. The van der Waals surface area contributed by atoms with Crippen molar-refractivity contribution < 1.29 is 18.7 Å². The van der Waals surface area contributed by atoms with Crippen LogP contribution in [0.2, 0.25) is 0 Å². The van der Waals surface area contributed by atoms with E-state index in [2.05, 4.69) is 5.32 Å². The van der Waals surface area contributed by atoms with Crippen LogP contribution in [0.4, 0.5) is 8.78 Å². The summed E-state index contributed by atoms with van der Waals surface area (Å²) in [6.07, 6.45) is 0. The van der Waals surface area contributed by atoms with Crippen molar-refractivity contribution in [3.8, 4) is 0 Å². The molecule has 94 valence electrons. The molecule has 2 N–H and O–H groups in total. The quantitative estimate of drug-likeness (QED) is 0.833. The van der Waals surface area contributed by atoms with E-state index in [4.69, 9.17) is 5.11 Å². The molecule has 17 heavy (non-hydrogen) atoms. The fourth-order valence-corrected chi connectivity index (χ4v) is 1.55. The normalized spacial score (nSPS) is 12.8. The molecule has 0 aliphatic heterocycles. The lowest BCUT2D eigenvalue weighted by Gasteiger charge is -2.17. The Bertz CT molecular complexity index is 387. The lowest BCUT2D eigenvalue weighted by atomic mass is 10.0. The van der Waals surface area contributed by atoms with Crippen molar-refractivity contribution in [2.45, 2.75) is 26.4 Å². The van der Waals surface area contributed by atoms with Crippen LogP contribution in [0, 0.1) is 17.6 Å². The Balaban J connectivity index is 2.68. The summed E-state index contributed by atoms with van der Waals surface area (Å²) < 4.78 is 25.8. The van der Waals surface area contributed by atoms with Crippen molar-refractivity contribution in [1.82, 2.24) is 5.32 Å². The SMILES string of the molecule is CC(C)[C@@H](NCc1cc(F)cc(F)c1)C(=O)O. The van der Waals surface area contributed by atoms with Crippen LogP contribution in [0.1, 0.15) is 19.4 Å². The number of carbonyl (C=O) groups is 1. The Morgan fingerprint density at radius 1 is 1.29 bits per heavy atom. The number of benzene rings is 1. The monoisotopic (exact) mass is 243 g/mol. The van der Waals surface area contributed by atoms with Crippen LogP contribution in [0.15, 0.2) is 18.2 Å². The molecule has 0 unspecified atom stereocenters. The van der Waals surface area contributed by atoms with Crippen LogP contribution >= 0.6 is 0 Å². The average Bonchev–Trinajstić information content (AvgIpc) is 2.14. The van der Waals surface area contributed by atoms with Gasteiger partial charge in [0.05, 0.1) is 0 Å². The van der Waals surface area contributed by atoms with Gasteiger partial charge in [-0.2, -0.15) is 0 Å². The van der Waals surface area contributed by atoms with Gasteiger partial charge in [-0.15, -0.1) is 0 Å². The molecule has 0 aromatic heterocycles. The summed E-state index contributed by atoms with van der Waals surface area (Å²) in [6.45, 7) is 3.64. The topological polar surface area (TPSA) is 49.3 Å². The summed E-state index contributed by atoms with van der Waals surface area (Å²) in [7, 11) is 0. The Morgan fingerprint density at radius 3 is 2.24 bits per heavy atom. The first-order chi connectivity index (χ1) is 7.90. The van der Waals surface area contributed by atoms with Crippen LogP contribution in [0.5, 0.6) is 0 Å². The first kappa shape index (κ1) is 13.6. The van der Waals surface area contributed by atoms with Gasteiger partial charge in [0.2, 0.25) is 0 Å². The number of hydrogen-bond donors (Lipinski definition) is 2. The van der Waals surface area contributed by atoms with Crippen molar-refractivity contribution in [1.29, 1.82) is 0 Å². The second kappa shape index (κ2) is 5.72. The molecule has 0 aliphatic rings. The van der Waals surface area contributed by atoms with E-state index in [1.807, 2.05) is 0 Å². The third-order valence-corrected chi connectivity index (χ3v) is 2.38. The predicted octanol–water partition coefficient (Wildman–Crippen LogP) is 2.16. The summed E-state index contributed by atoms with van der Waals surface area (Å²) in [6, 6.07) is 2.40. The second-order valence-electron chi connectivity index (χ2n) is 4.22. The van der Waals surface area contributed by atoms with E-state index in [1.165, 1.54) is 12.1 Å². The molecule has 1 aromatic carbocycles. The highest BCUT2D eigenvalue weighted by molar-refractivity contribution is 5.73. The van der Waals surface area contributed by atoms with E-state index in [0.717, 1.165) is 6.07 Å². The molecule has 5 heteroatoms. The molecule has 0 aliphatic carbocycles. The van der Waals surface area contributed by atoms with Gasteiger partial charge in [-0.25, -0.2) is 8.78 Å². The average molecular weight is 243 g/mol. The predicted molar refractivity (Wildman–Crippen MR) is 59.5 cm³/mol. The van der Waals surface area contributed by atoms with Crippen molar-refractivity contribution in [2.24, 2.45) is 5.92 Å². The first-order valence-electron chi connectivity index (χ1n) is 5.31. The van der Waals surface area contributed by atoms with Gasteiger partial charge in [0.25, 0.3) is 0 Å². The van der Waals surface area contributed by atoms with Gasteiger partial charge >= 0.3 is 5.97 Å². The van der Waals surface area contributed by atoms with Gasteiger partial charge in [-0.3, -0.25) is 4.79 Å². The third kappa shape index (κ3) is 4.11. The highest BCUT2D eigenvalue weighted by Crippen LogP contribution is 2.09. The fraction of sp³-hybridized carbons (Fsp3) is 0.417. The minimum absolute atomic E-state index is 0.106. The maximum absolute atomic E-state index is 12.9. The molecule has 0 saturated carbocycles. The van der Waals surface area contributed by atoms with Crippen LogP contribution in [-0.2, 0) is 11.3 Å². The summed E-state index contributed by atoms with van der Waals surface area (Å²) in [5.41, 5.74) is 0.384. The zero-order valence-corrected chi connectivity index (χ0v) is 9.71. The third-order valence-electron chi connectivity index (χ3n) is 2.38. The molecule has 0 bridgehead atoms. The molecule has 3 nitrogen and oxygen atoms in total. The number of carboxylic acids is 1. The lowest BCUT2D eigenvalue weighted by molar-refractivity contribution is -0.140. The zero-order chi connectivity index (χ0) is 13.0. The zero-order valence-electron chi connectivity index (χ0n) is 9.71. The van der Waals surface area contributed by atoms with Crippen LogP contribution < -0.4 is 5.32 Å². The van der Waals surface area contributed by atoms with Crippen molar-refractivity contribution in [3.05, 3.63) is 35.4 Å². The van der Waals surface area contributed by atoms with Gasteiger partial charge < -0.3 is 10.4 Å². The van der Waals surface area contributed by atoms with E-state index >= 15 is 0 Å². The van der Waals surface area contributed by atoms with E-state index in [1.54, 1.807) is 13.8 Å².